The molecule has 96 valence electrons. The summed E-state index contributed by atoms with van der Waals surface area (Å²) in [6.07, 6.45) is 5.47. The van der Waals surface area contributed by atoms with E-state index in [1.54, 1.807) is 11.3 Å². The van der Waals surface area contributed by atoms with Crippen molar-refractivity contribution in [3.63, 3.8) is 0 Å². The Hall–Kier alpha value is -0.410. The molecule has 0 amide bonds. The van der Waals surface area contributed by atoms with E-state index in [2.05, 4.69) is 36.5 Å². The topological polar surface area (TPSA) is 24.9 Å². The molecule has 2 rings (SSSR count). The Balaban J connectivity index is 1.92. The summed E-state index contributed by atoms with van der Waals surface area (Å²) >= 11 is 1.68. The molecule has 0 bridgehead atoms. The van der Waals surface area contributed by atoms with Crippen molar-refractivity contribution in [2.45, 2.75) is 59.0 Å². The maximum atomic E-state index is 4.34. The fraction of sp³-hybridized carbons (Fsp3) is 0.786. The van der Waals surface area contributed by atoms with Crippen LogP contribution >= 0.6 is 11.3 Å². The van der Waals surface area contributed by atoms with Gasteiger partial charge in [0.1, 0.15) is 0 Å². The molecule has 1 aliphatic carbocycles. The first-order valence-corrected chi connectivity index (χ1v) is 7.62. The molecule has 1 aromatic heterocycles. The monoisotopic (exact) mass is 252 g/mol. The number of rotatable bonds is 3. The predicted octanol–water partition coefficient (Wildman–Crippen LogP) is 3.84. The van der Waals surface area contributed by atoms with Crippen molar-refractivity contribution in [3.05, 3.63) is 16.6 Å². The summed E-state index contributed by atoms with van der Waals surface area (Å²) in [5.41, 5.74) is 3.52. The lowest BCUT2D eigenvalue weighted by atomic mass is 9.69. The molecular weight excluding hydrogens is 228 g/mol. The number of hydrogen-bond donors (Lipinski definition) is 1. The zero-order chi connectivity index (χ0) is 12.3. The van der Waals surface area contributed by atoms with Gasteiger partial charge in [0.25, 0.3) is 0 Å². The zero-order valence-electron chi connectivity index (χ0n) is 11.2. The first-order chi connectivity index (χ1) is 8.07. The number of hydrogen-bond acceptors (Lipinski definition) is 3. The first-order valence-electron chi connectivity index (χ1n) is 6.68. The van der Waals surface area contributed by atoms with Gasteiger partial charge < -0.3 is 5.32 Å². The van der Waals surface area contributed by atoms with E-state index in [9.17, 15) is 0 Å². The molecule has 17 heavy (non-hydrogen) atoms. The largest absolute Gasteiger partial charge is 0.308 e. The van der Waals surface area contributed by atoms with E-state index >= 15 is 0 Å². The second-order valence-corrected chi connectivity index (χ2v) is 6.94. The van der Waals surface area contributed by atoms with E-state index in [1.165, 1.54) is 31.4 Å². The van der Waals surface area contributed by atoms with Crippen LogP contribution in [0.2, 0.25) is 0 Å². The van der Waals surface area contributed by atoms with Crippen molar-refractivity contribution in [2.75, 3.05) is 0 Å². The molecule has 1 aromatic rings. The maximum absolute atomic E-state index is 4.34. The van der Waals surface area contributed by atoms with Gasteiger partial charge in [-0.25, -0.2) is 4.98 Å². The van der Waals surface area contributed by atoms with Crippen molar-refractivity contribution in [3.8, 4) is 0 Å². The van der Waals surface area contributed by atoms with Crippen LogP contribution in [0.15, 0.2) is 10.9 Å². The number of thiazole rings is 1. The average molecular weight is 252 g/mol. The third-order valence-corrected chi connectivity index (χ3v) is 4.54. The lowest BCUT2D eigenvalue weighted by Crippen LogP contribution is -2.43. The summed E-state index contributed by atoms with van der Waals surface area (Å²) in [6, 6.07) is 0.672. The SMILES string of the molecule is CC(C)(C)C1CCCCC1NCc1cscn1. The smallest absolute Gasteiger partial charge is 0.0795 e. The van der Waals surface area contributed by atoms with Crippen LogP contribution in [0.25, 0.3) is 0 Å². The second-order valence-electron chi connectivity index (χ2n) is 6.22. The van der Waals surface area contributed by atoms with Gasteiger partial charge >= 0.3 is 0 Å². The molecule has 0 aromatic carbocycles. The molecule has 1 aliphatic rings. The van der Waals surface area contributed by atoms with Crippen molar-refractivity contribution < 1.29 is 0 Å². The Bertz CT molecular complexity index is 326. The minimum Gasteiger partial charge on any atom is -0.308 e. The minimum absolute atomic E-state index is 0.417. The van der Waals surface area contributed by atoms with Crippen LogP contribution in [0.5, 0.6) is 0 Å². The first kappa shape index (κ1) is 13.0. The van der Waals surface area contributed by atoms with Crippen LogP contribution in [0.3, 0.4) is 0 Å². The van der Waals surface area contributed by atoms with Gasteiger partial charge in [0.05, 0.1) is 11.2 Å². The molecule has 0 radical (unpaired) electrons. The quantitative estimate of drug-likeness (QED) is 0.884. The fourth-order valence-corrected chi connectivity index (χ4v) is 3.53. The summed E-state index contributed by atoms with van der Waals surface area (Å²) in [5, 5.41) is 5.87. The predicted molar refractivity (Wildman–Crippen MR) is 74.2 cm³/mol. The molecule has 1 saturated carbocycles. The molecule has 1 fully saturated rings. The van der Waals surface area contributed by atoms with Gasteiger partial charge in [0.2, 0.25) is 0 Å². The van der Waals surface area contributed by atoms with E-state index in [0.717, 1.165) is 12.5 Å². The van der Waals surface area contributed by atoms with E-state index in [0.29, 0.717) is 11.5 Å². The molecule has 0 spiro atoms. The second kappa shape index (κ2) is 5.49. The van der Waals surface area contributed by atoms with Gasteiger partial charge in [-0.2, -0.15) is 0 Å². The highest BCUT2D eigenvalue weighted by Gasteiger charge is 2.33. The number of aromatic nitrogens is 1. The Morgan fingerprint density at radius 1 is 1.35 bits per heavy atom. The standard InChI is InChI=1S/C14H24N2S/c1-14(2,3)12-6-4-5-7-13(12)15-8-11-9-17-10-16-11/h9-10,12-13,15H,4-8H2,1-3H3. The molecule has 2 nitrogen and oxygen atoms in total. The third-order valence-electron chi connectivity index (χ3n) is 3.91. The molecule has 1 N–H and O–H groups in total. The Morgan fingerprint density at radius 3 is 2.76 bits per heavy atom. The van der Waals surface area contributed by atoms with E-state index < -0.39 is 0 Å². The van der Waals surface area contributed by atoms with E-state index in [-0.39, 0.29) is 0 Å². The van der Waals surface area contributed by atoms with Crippen LogP contribution < -0.4 is 5.32 Å². The average Bonchev–Trinajstić information content (AvgIpc) is 2.78. The highest BCUT2D eigenvalue weighted by molar-refractivity contribution is 7.07. The molecule has 2 atom stereocenters. The van der Waals surface area contributed by atoms with Crippen molar-refractivity contribution in [1.82, 2.24) is 10.3 Å². The summed E-state index contributed by atoms with van der Waals surface area (Å²) < 4.78 is 0. The van der Waals surface area contributed by atoms with Crippen LogP contribution in [-0.2, 0) is 6.54 Å². The van der Waals surface area contributed by atoms with Crippen LogP contribution in [0, 0.1) is 11.3 Å². The van der Waals surface area contributed by atoms with Gasteiger partial charge in [-0.05, 0) is 24.2 Å². The van der Waals surface area contributed by atoms with Crippen LogP contribution in [0.4, 0.5) is 0 Å². The molecular formula is C14H24N2S. The summed E-state index contributed by atoms with van der Waals surface area (Å²) in [4.78, 5) is 4.34. The molecule has 2 unspecified atom stereocenters. The summed E-state index contributed by atoms with van der Waals surface area (Å²) in [7, 11) is 0. The maximum Gasteiger partial charge on any atom is 0.0795 e. The Kier molecular flexibility index (Phi) is 4.21. The molecule has 0 aliphatic heterocycles. The normalized spacial score (nSPS) is 26.1. The van der Waals surface area contributed by atoms with Gasteiger partial charge in [-0.1, -0.05) is 33.6 Å². The van der Waals surface area contributed by atoms with Gasteiger partial charge in [0.15, 0.2) is 0 Å². The number of nitrogens with one attached hydrogen (secondary N) is 1. The Morgan fingerprint density at radius 2 is 2.12 bits per heavy atom. The van der Waals surface area contributed by atoms with E-state index in [1.807, 2.05) is 5.51 Å². The molecule has 1 heterocycles. The van der Waals surface area contributed by atoms with Gasteiger partial charge in [0, 0.05) is 18.0 Å². The number of nitrogens with zero attached hydrogens (tertiary/aromatic N) is 1. The van der Waals surface area contributed by atoms with Crippen molar-refractivity contribution >= 4 is 11.3 Å². The zero-order valence-corrected chi connectivity index (χ0v) is 12.0. The van der Waals surface area contributed by atoms with E-state index in [4.69, 9.17) is 0 Å². The van der Waals surface area contributed by atoms with Crippen molar-refractivity contribution in [1.29, 1.82) is 0 Å². The third kappa shape index (κ3) is 3.52. The van der Waals surface area contributed by atoms with Crippen LogP contribution in [0.1, 0.15) is 52.1 Å². The van der Waals surface area contributed by atoms with Crippen molar-refractivity contribution in [2.24, 2.45) is 11.3 Å². The molecule has 3 heteroatoms. The minimum atomic E-state index is 0.417. The Labute approximate surface area is 109 Å². The fourth-order valence-electron chi connectivity index (χ4n) is 2.97. The lowest BCUT2D eigenvalue weighted by molar-refractivity contribution is 0.130. The lowest BCUT2D eigenvalue weighted by Gasteiger charge is -2.41. The summed E-state index contributed by atoms with van der Waals surface area (Å²) in [5.74, 6) is 0.801. The van der Waals surface area contributed by atoms with Gasteiger partial charge in [-0.3, -0.25) is 0 Å². The summed E-state index contributed by atoms with van der Waals surface area (Å²) in [6.45, 7) is 8.06. The van der Waals surface area contributed by atoms with Gasteiger partial charge in [-0.15, -0.1) is 11.3 Å². The highest BCUT2D eigenvalue weighted by atomic mass is 32.1. The van der Waals surface area contributed by atoms with Crippen LogP contribution in [-0.4, -0.2) is 11.0 Å². The molecule has 0 saturated heterocycles. The highest BCUT2D eigenvalue weighted by Crippen LogP contribution is 2.38.